The lowest BCUT2D eigenvalue weighted by atomic mass is 10.1. The minimum absolute atomic E-state index is 0.708. The van der Waals surface area contributed by atoms with Crippen LogP contribution >= 0.6 is 0 Å². The van der Waals surface area contributed by atoms with Crippen molar-refractivity contribution in [3.8, 4) is 0 Å². The number of aryl methyl sites for hydroxylation is 1. The first kappa shape index (κ1) is 12.5. The van der Waals surface area contributed by atoms with Gasteiger partial charge >= 0.3 is 0 Å². The van der Waals surface area contributed by atoms with Gasteiger partial charge in [-0.1, -0.05) is 0 Å². The Bertz CT molecular complexity index is 747. The number of rotatable bonds is 3. The fourth-order valence-electron chi connectivity index (χ4n) is 2.42. The maximum Gasteiger partial charge on any atom is 0.0951 e. The molecule has 0 fully saturated rings. The van der Waals surface area contributed by atoms with E-state index in [1.165, 1.54) is 5.56 Å². The molecule has 2 heterocycles. The molecule has 0 aliphatic heterocycles. The quantitative estimate of drug-likeness (QED) is 0.739. The maximum atomic E-state index is 5.99. The molecule has 0 atom stereocenters. The van der Waals surface area contributed by atoms with Gasteiger partial charge in [-0.05, 0) is 24.3 Å². The molecule has 0 saturated carbocycles. The Morgan fingerprint density at radius 1 is 1.30 bits per heavy atom. The first-order chi connectivity index (χ1) is 9.65. The molecule has 3 rings (SSSR count). The number of benzene rings is 1. The van der Waals surface area contributed by atoms with Crippen LogP contribution in [0.15, 0.2) is 42.9 Å². The molecule has 5 nitrogen and oxygen atoms in total. The van der Waals surface area contributed by atoms with E-state index in [1.54, 1.807) is 6.20 Å². The largest absolute Gasteiger partial charge is 0.397 e. The zero-order chi connectivity index (χ0) is 14.1. The van der Waals surface area contributed by atoms with E-state index in [2.05, 4.69) is 22.0 Å². The van der Waals surface area contributed by atoms with Gasteiger partial charge < -0.3 is 10.6 Å². The molecule has 102 valence electrons. The average Bonchev–Trinajstić information content (AvgIpc) is 2.84. The Labute approximate surface area is 117 Å². The number of pyridine rings is 1. The van der Waals surface area contributed by atoms with Crippen molar-refractivity contribution >= 4 is 22.3 Å². The van der Waals surface area contributed by atoms with Crippen LogP contribution in [0.25, 0.3) is 10.9 Å². The summed E-state index contributed by atoms with van der Waals surface area (Å²) < 4.78 is 1.81. The molecular formula is C15H17N5. The molecule has 0 spiro atoms. The second-order valence-electron chi connectivity index (χ2n) is 4.95. The van der Waals surface area contributed by atoms with Gasteiger partial charge in [0.1, 0.15) is 0 Å². The van der Waals surface area contributed by atoms with Crippen LogP contribution in [-0.2, 0) is 13.6 Å². The number of nitrogen functional groups attached to an aromatic ring is 1. The van der Waals surface area contributed by atoms with Crippen LogP contribution in [0.2, 0.25) is 0 Å². The summed E-state index contributed by atoms with van der Waals surface area (Å²) >= 11 is 0. The molecule has 0 bridgehead atoms. The van der Waals surface area contributed by atoms with Gasteiger partial charge in [0.2, 0.25) is 0 Å². The normalized spacial score (nSPS) is 10.9. The Hall–Kier alpha value is -2.56. The summed E-state index contributed by atoms with van der Waals surface area (Å²) in [4.78, 5) is 6.55. The molecule has 0 amide bonds. The first-order valence-corrected chi connectivity index (χ1v) is 6.47. The predicted octanol–water partition coefficient (Wildman–Crippen LogP) is 2.19. The summed E-state index contributed by atoms with van der Waals surface area (Å²) in [6, 6.07) is 7.93. The van der Waals surface area contributed by atoms with E-state index in [-0.39, 0.29) is 0 Å². The molecule has 0 unspecified atom stereocenters. The fourth-order valence-corrected chi connectivity index (χ4v) is 2.42. The van der Waals surface area contributed by atoms with Crippen molar-refractivity contribution < 1.29 is 0 Å². The average molecular weight is 267 g/mol. The van der Waals surface area contributed by atoms with Gasteiger partial charge in [0, 0.05) is 49.7 Å². The summed E-state index contributed by atoms with van der Waals surface area (Å²) in [6.45, 7) is 0.793. The number of fused-ring (bicyclic) bond motifs is 1. The summed E-state index contributed by atoms with van der Waals surface area (Å²) in [5.74, 6) is 0. The molecule has 5 heteroatoms. The third-order valence-corrected chi connectivity index (χ3v) is 3.37. The van der Waals surface area contributed by atoms with Crippen molar-refractivity contribution in [3.05, 3.63) is 48.4 Å². The summed E-state index contributed by atoms with van der Waals surface area (Å²) in [6.07, 6.45) is 5.67. The maximum absolute atomic E-state index is 5.99. The van der Waals surface area contributed by atoms with Gasteiger partial charge in [-0.3, -0.25) is 9.67 Å². The molecule has 0 aliphatic rings. The van der Waals surface area contributed by atoms with Crippen LogP contribution in [0, 0.1) is 0 Å². The highest BCUT2D eigenvalue weighted by Crippen LogP contribution is 2.29. The van der Waals surface area contributed by atoms with Crippen molar-refractivity contribution in [3.63, 3.8) is 0 Å². The monoisotopic (exact) mass is 267 g/mol. The zero-order valence-corrected chi connectivity index (χ0v) is 11.6. The van der Waals surface area contributed by atoms with Gasteiger partial charge in [-0.2, -0.15) is 5.10 Å². The molecule has 20 heavy (non-hydrogen) atoms. The Morgan fingerprint density at radius 3 is 2.90 bits per heavy atom. The number of hydrogen-bond acceptors (Lipinski definition) is 4. The van der Waals surface area contributed by atoms with Crippen LogP contribution in [0.5, 0.6) is 0 Å². The van der Waals surface area contributed by atoms with Crippen molar-refractivity contribution in [2.24, 2.45) is 7.05 Å². The minimum atomic E-state index is 0.708. The molecular weight excluding hydrogens is 250 g/mol. The van der Waals surface area contributed by atoms with E-state index in [0.717, 1.165) is 23.1 Å². The molecule has 1 aromatic carbocycles. The van der Waals surface area contributed by atoms with Crippen molar-refractivity contribution in [1.82, 2.24) is 14.8 Å². The second kappa shape index (κ2) is 4.85. The van der Waals surface area contributed by atoms with Gasteiger partial charge in [0.05, 0.1) is 17.4 Å². The van der Waals surface area contributed by atoms with E-state index in [0.29, 0.717) is 5.69 Å². The molecule has 3 aromatic rings. The topological polar surface area (TPSA) is 60.0 Å². The van der Waals surface area contributed by atoms with Crippen LogP contribution in [0.4, 0.5) is 11.4 Å². The lowest BCUT2D eigenvalue weighted by molar-refractivity contribution is 0.766. The predicted molar refractivity (Wildman–Crippen MR) is 81.5 cm³/mol. The minimum Gasteiger partial charge on any atom is -0.397 e. The van der Waals surface area contributed by atoms with Crippen LogP contribution < -0.4 is 10.6 Å². The van der Waals surface area contributed by atoms with E-state index in [1.807, 2.05) is 48.4 Å². The van der Waals surface area contributed by atoms with E-state index < -0.39 is 0 Å². The van der Waals surface area contributed by atoms with Gasteiger partial charge in [-0.15, -0.1) is 0 Å². The van der Waals surface area contributed by atoms with Crippen LogP contribution in [-0.4, -0.2) is 21.8 Å². The number of nitrogens with zero attached hydrogens (tertiary/aromatic N) is 4. The van der Waals surface area contributed by atoms with E-state index in [4.69, 9.17) is 5.73 Å². The highest BCUT2D eigenvalue weighted by Gasteiger charge is 2.10. The summed E-state index contributed by atoms with van der Waals surface area (Å²) in [5, 5.41) is 5.27. The van der Waals surface area contributed by atoms with Gasteiger partial charge in [-0.25, -0.2) is 0 Å². The summed E-state index contributed by atoms with van der Waals surface area (Å²) in [7, 11) is 3.98. The van der Waals surface area contributed by atoms with Crippen LogP contribution in [0.1, 0.15) is 5.56 Å². The second-order valence-corrected chi connectivity index (χ2v) is 4.95. The number of hydrogen-bond donors (Lipinski definition) is 1. The Morgan fingerprint density at radius 2 is 2.15 bits per heavy atom. The van der Waals surface area contributed by atoms with E-state index in [9.17, 15) is 0 Å². The molecule has 2 N–H and O–H groups in total. The third kappa shape index (κ3) is 2.18. The molecule has 2 aromatic heterocycles. The van der Waals surface area contributed by atoms with Gasteiger partial charge in [0.25, 0.3) is 0 Å². The summed E-state index contributed by atoms with van der Waals surface area (Å²) in [5.41, 5.74) is 9.83. The lowest BCUT2D eigenvalue weighted by Gasteiger charge is -2.20. The van der Waals surface area contributed by atoms with Crippen molar-refractivity contribution in [2.45, 2.75) is 6.54 Å². The SMILES string of the molecule is CN(Cc1cnn(C)c1)c1ccc(N)c2ncccc12. The fraction of sp³-hybridized carbons (Fsp3) is 0.200. The van der Waals surface area contributed by atoms with Crippen molar-refractivity contribution in [1.29, 1.82) is 0 Å². The number of aromatic nitrogens is 3. The van der Waals surface area contributed by atoms with E-state index >= 15 is 0 Å². The van der Waals surface area contributed by atoms with Crippen LogP contribution in [0.3, 0.4) is 0 Å². The highest BCUT2D eigenvalue weighted by molar-refractivity contribution is 5.98. The molecule has 0 aliphatic carbocycles. The molecule has 0 radical (unpaired) electrons. The third-order valence-electron chi connectivity index (χ3n) is 3.37. The van der Waals surface area contributed by atoms with Gasteiger partial charge in [0.15, 0.2) is 0 Å². The first-order valence-electron chi connectivity index (χ1n) is 6.47. The zero-order valence-electron chi connectivity index (χ0n) is 11.6. The number of anilines is 2. The Kier molecular flexibility index (Phi) is 3.02. The standard InChI is InChI=1S/C15H17N5/c1-19(9-11-8-18-20(2)10-11)14-6-5-13(16)15-12(14)4-3-7-17-15/h3-8,10H,9,16H2,1-2H3. The smallest absolute Gasteiger partial charge is 0.0951 e. The Balaban J connectivity index is 1.99. The lowest BCUT2D eigenvalue weighted by Crippen LogP contribution is -2.16. The number of nitrogens with two attached hydrogens (primary N) is 1. The van der Waals surface area contributed by atoms with Crippen molar-refractivity contribution in [2.75, 3.05) is 17.7 Å². The molecule has 0 saturated heterocycles. The highest BCUT2D eigenvalue weighted by atomic mass is 15.2.